The van der Waals surface area contributed by atoms with Gasteiger partial charge in [0.05, 0.1) is 25.5 Å². The second-order valence-electron chi connectivity index (χ2n) is 6.80. The van der Waals surface area contributed by atoms with Gasteiger partial charge in [-0.3, -0.25) is 9.58 Å². The molecular weight excluding hydrogens is 306 g/mol. The van der Waals surface area contributed by atoms with Crippen LogP contribution in [-0.4, -0.2) is 65.2 Å². The number of hydrogen-bond acceptors (Lipinski definition) is 6. The number of aryl methyl sites for hydroxylation is 2. The quantitative estimate of drug-likeness (QED) is 0.714. The first-order valence-corrected chi connectivity index (χ1v) is 8.41. The number of aromatic nitrogens is 3. The molecule has 0 amide bonds. The number of fused-ring (bicyclic) bond motifs is 1. The van der Waals surface area contributed by atoms with Gasteiger partial charge in [0.25, 0.3) is 0 Å². The van der Waals surface area contributed by atoms with Crippen molar-refractivity contribution in [2.24, 2.45) is 7.05 Å². The summed E-state index contributed by atoms with van der Waals surface area (Å²) >= 11 is 0. The third-order valence-electron chi connectivity index (χ3n) is 4.36. The van der Waals surface area contributed by atoms with Gasteiger partial charge in [-0.15, -0.1) is 5.10 Å². The molecular formula is C17H27N5O2. The van der Waals surface area contributed by atoms with Crippen LogP contribution in [0.2, 0.25) is 0 Å². The second-order valence-corrected chi connectivity index (χ2v) is 6.80. The number of ether oxygens (including phenoxy) is 1. The maximum Gasteiger partial charge on any atom is 0.118 e. The van der Waals surface area contributed by atoms with Crippen molar-refractivity contribution >= 4 is 0 Å². The van der Waals surface area contributed by atoms with Crippen LogP contribution in [0.25, 0.3) is 0 Å². The van der Waals surface area contributed by atoms with Gasteiger partial charge in [0.15, 0.2) is 0 Å². The Kier molecular flexibility index (Phi) is 5.33. The molecule has 2 aromatic heterocycles. The standard InChI is InChI=1S/C17H27N5O2/c1-13-5-6-15(24-13)10-22-9-14(12-23-8-7-20(2)3)17-16(11-22)18-19-21(17)4/h5-6,14H,7-12H2,1-4H3/t14-/m0/s1. The minimum atomic E-state index is 0.284. The summed E-state index contributed by atoms with van der Waals surface area (Å²) in [7, 11) is 6.07. The molecule has 3 rings (SSSR count). The zero-order chi connectivity index (χ0) is 17.1. The molecule has 7 heteroatoms. The Morgan fingerprint density at radius 1 is 1.38 bits per heavy atom. The van der Waals surface area contributed by atoms with Crippen molar-refractivity contribution in [3.05, 3.63) is 35.0 Å². The van der Waals surface area contributed by atoms with Gasteiger partial charge < -0.3 is 14.1 Å². The predicted octanol–water partition coefficient (Wildman–Crippen LogP) is 1.39. The molecule has 0 aliphatic carbocycles. The highest BCUT2D eigenvalue weighted by atomic mass is 16.5. The van der Waals surface area contributed by atoms with Crippen LogP contribution in [0.5, 0.6) is 0 Å². The molecule has 24 heavy (non-hydrogen) atoms. The highest BCUT2D eigenvalue weighted by Crippen LogP contribution is 2.28. The minimum absolute atomic E-state index is 0.284. The van der Waals surface area contributed by atoms with E-state index >= 15 is 0 Å². The van der Waals surface area contributed by atoms with Gasteiger partial charge in [-0.1, -0.05) is 5.21 Å². The molecule has 7 nitrogen and oxygen atoms in total. The first-order chi connectivity index (χ1) is 11.5. The van der Waals surface area contributed by atoms with Crippen molar-refractivity contribution in [3.63, 3.8) is 0 Å². The third-order valence-corrected chi connectivity index (χ3v) is 4.36. The van der Waals surface area contributed by atoms with E-state index in [1.165, 1.54) is 5.69 Å². The molecule has 0 unspecified atom stereocenters. The van der Waals surface area contributed by atoms with Gasteiger partial charge in [-0.05, 0) is 33.2 Å². The molecule has 0 saturated heterocycles. The first-order valence-electron chi connectivity index (χ1n) is 8.41. The Bertz CT molecular complexity index is 664. The van der Waals surface area contributed by atoms with Crippen molar-refractivity contribution in [3.8, 4) is 0 Å². The number of rotatable bonds is 7. The maximum absolute atomic E-state index is 5.91. The molecule has 2 aromatic rings. The summed E-state index contributed by atoms with van der Waals surface area (Å²) in [5, 5.41) is 8.54. The van der Waals surface area contributed by atoms with Crippen LogP contribution in [0.15, 0.2) is 16.5 Å². The highest BCUT2D eigenvalue weighted by Gasteiger charge is 2.30. The first kappa shape index (κ1) is 17.1. The average Bonchev–Trinajstić information content (AvgIpc) is 3.10. The molecule has 0 fully saturated rings. The lowest BCUT2D eigenvalue weighted by atomic mass is 9.99. The van der Waals surface area contributed by atoms with Crippen LogP contribution >= 0.6 is 0 Å². The van der Waals surface area contributed by atoms with E-state index in [9.17, 15) is 0 Å². The normalized spacial score (nSPS) is 18.3. The van der Waals surface area contributed by atoms with Crippen molar-refractivity contribution < 1.29 is 9.15 Å². The van der Waals surface area contributed by atoms with Crippen molar-refractivity contribution in [2.75, 3.05) is 40.4 Å². The van der Waals surface area contributed by atoms with Crippen LogP contribution in [0.4, 0.5) is 0 Å². The highest BCUT2D eigenvalue weighted by molar-refractivity contribution is 5.20. The van der Waals surface area contributed by atoms with Crippen molar-refractivity contribution in [1.29, 1.82) is 0 Å². The lowest BCUT2D eigenvalue weighted by molar-refractivity contribution is 0.0819. The summed E-state index contributed by atoms with van der Waals surface area (Å²) in [4.78, 5) is 4.48. The summed E-state index contributed by atoms with van der Waals surface area (Å²) in [6, 6.07) is 4.05. The van der Waals surface area contributed by atoms with E-state index in [1.54, 1.807) is 0 Å². The lowest BCUT2D eigenvalue weighted by Gasteiger charge is -2.31. The van der Waals surface area contributed by atoms with Gasteiger partial charge >= 0.3 is 0 Å². The maximum atomic E-state index is 5.91. The van der Waals surface area contributed by atoms with Crippen molar-refractivity contribution in [2.45, 2.75) is 25.9 Å². The molecule has 132 valence electrons. The van der Waals surface area contributed by atoms with E-state index in [0.29, 0.717) is 6.61 Å². The zero-order valence-corrected chi connectivity index (χ0v) is 15.0. The van der Waals surface area contributed by atoms with Crippen LogP contribution in [0, 0.1) is 6.92 Å². The third kappa shape index (κ3) is 4.03. The SMILES string of the molecule is Cc1ccc(CN2Cc3nnn(C)c3[C@H](COCCN(C)C)C2)o1. The van der Waals surface area contributed by atoms with Crippen LogP contribution < -0.4 is 0 Å². The number of furan rings is 1. The van der Waals surface area contributed by atoms with E-state index in [2.05, 4.69) is 34.2 Å². The number of likely N-dealkylation sites (N-methyl/N-ethyl adjacent to an activating group) is 1. The largest absolute Gasteiger partial charge is 0.465 e. The van der Waals surface area contributed by atoms with E-state index in [-0.39, 0.29) is 5.92 Å². The fourth-order valence-corrected chi connectivity index (χ4v) is 3.21. The van der Waals surface area contributed by atoms with Gasteiger partial charge in [-0.2, -0.15) is 0 Å². The van der Waals surface area contributed by atoms with Crippen LogP contribution in [0.3, 0.4) is 0 Å². The lowest BCUT2D eigenvalue weighted by Crippen LogP contribution is -2.36. The summed E-state index contributed by atoms with van der Waals surface area (Å²) in [5.41, 5.74) is 2.25. The Hall–Kier alpha value is -1.70. The Morgan fingerprint density at radius 3 is 2.92 bits per heavy atom. The summed E-state index contributed by atoms with van der Waals surface area (Å²) in [6.45, 7) is 6.85. The molecule has 3 heterocycles. The predicted molar refractivity (Wildman–Crippen MR) is 90.7 cm³/mol. The monoisotopic (exact) mass is 333 g/mol. The molecule has 1 aliphatic heterocycles. The molecule has 0 bridgehead atoms. The van der Waals surface area contributed by atoms with E-state index < -0.39 is 0 Å². The summed E-state index contributed by atoms with van der Waals surface area (Å²) < 4.78 is 13.5. The van der Waals surface area contributed by atoms with Crippen LogP contribution in [0.1, 0.15) is 28.8 Å². The van der Waals surface area contributed by atoms with Gasteiger partial charge in [-0.25, -0.2) is 0 Å². The van der Waals surface area contributed by atoms with Gasteiger partial charge in [0.1, 0.15) is 17.2 Å². The number of nitrogens with zero attached hydrogens (tertiary/aromatic N) is 5. The zero-order valence-electron chi connectivity index (χ0n) is 15.0. The molecule has 0 aromatic carbocycles. The van der Waals surface area contributed by atoms with E-state index in [4.69, 9.17) is 9.15 Å². The fourth-order valence-electron chi connectivity index (χ4n) is 3.21. The molecule has 0 radical (unpaired) electrons. The fraction of sp³-hybridized carbons (Fsp3) is 0.647. The van der Waals surface area contributed by atoms with Gasteiger partial charge in [0.2, 0.25) is 0 Å². The second kappa shape index (κ2) is 7.46. The van der Waals surface area contributed by atoms with E-state index in [1.807, 2.05) is 30.8 Å². The molecule has 1 atom stereocenters. The number of hydrogen-bond donors (Lipinski definition) is 0. The van der Waals surface area contributed by atoms with Gasteiger partial charge in [0, 0.05) is 32.6 Å². The molecule has 0 spiro atoms. The van der Waals surface area contributed by atoms with E-state index in [0.717, 1.165) is 50.0 Å². The summed E-state index contributed by atoms with van der Waals surface area (Å²) in [5.74, 6) is 2.23. The topological polar surface area (TPSA) is 59.6 Å². The molecule has 0 N–H and O–H groups in total. The minimum Gasteiger partial charge on any atom is -0.465 e. The average molecular weight is 333 g/mol. The Balaban J connectivity index is 1.65. The molecule has 0 saturated carbocycles. The smallest absolute Gasteiger partial charge is 0.118 e. The summed E-state index contributed by atoms with van der Waals surface area (Å²) in [6.07, 6.45) is 0. The molecule has 1 aliphatic rings. The van der Waals surface area contributed by atoms with Crippen LogP contribution in [-0.2, 0) is 24.9 Å². The van der Waals surface area contributed by atoms with Crippen molar-refractivity contribution in [1.82, 2.24) is 24.8 Å². The Labute approximate surface area is 143 Å². The Morgan fingerprint density at radius 2 is 2.21 bits per heavy atom.